The van der Waals surface area contributed by atoms with Gasteiger partial charge >= 0.3 is 0 Å². The lowest BCUT2D eigenvalue weighted by Crippen LogP contribution is -2.24. The van der Waals surface area contributed by atoms with Crippen molar-refractivity contribution in [3.63, 3.8) is 0 Å². The summed E-state index contributed by atoms with van der Waals surface area (Å²) in [6.45, 7) is 3.22. The largest absolute Gasteiger partial charge is 0.298 e. The van der Waals surface area contributed by atoms with Crippen LogP contribution in [-0.4, -0.2) is 15.3 Å². The van der Waals surface area contributed by atoms with Gasteiger partial charge in [-0.15, -0.1) is 0 Å². The summed E-state index contributed by atoms with van der Waals surface area (Å²) < 4.78 is 1.30. The molecule has 0 aliphatic carbocycles. The fourth-order valence-corrected chi connectivity index (χ4v) is 0.912. The molecule has 64 valence electrons. The van der Waals surface area contributed by atoms with E-state index in [1.54, 1.807) is 6.92 Å². The summed E-state index contributed by atoms with van der Waals surface area (Å²) in [5.41, 5.74) is 0.402. The van der Waals surface area contributed by atoms with Crippen LogP contribution in [0.4, 0.5) is 0 Å². The van der Waals surface area contributed by atoms with E-state index in [4.69, 9.17) is 0 Å². The summed E-state index contributed by atoms with van der Waals surface area (Å²) in [5, 5.41) is 0. The molecule has 0 aliphatic heterocycles. The third kappa shape index (κ3) is 1.78. The predicted molar refractivity (Wildman–Crippen MR) is 43.9 cm³/mol. The van der Waals surface area contributed by atoms with Crippen LogP contribution in [0.5, 0.6) is 0 Å². The zero-order valence-corrected chi connectivity index (χ0v) is 7.07. The average molecular weight is 166 g/mol. The van der Waals surface area contributed by atoms with Gasteiger partial charge < -0.3 is 0 Å². The molecule has 12 heavy (non-hydrogen) atoms. The second-order valence-electron chi connectivity index (χ2n) is 2.71. The maximum Gasteiger partial charge on any atom is 0.256 e. The van der Waals surface area contributed by atoms with E-state index in [2.05, 4.69) is 4.98 Å². The lowest BCUT2D eigenvalue weighted by Gasteiger charge is -2.01. The lowest BCUT2D eigenvalue weighted by atomic mass is 10.3. The molecule has 0 aromatic carbocycles. The SMILES string of the molecule is CC(=O)Cn1cncc(C)c1=O. The molecule has 0 unspecified atom stereocenters. The monoisotopic (exact) mass is 166 g/mol. The minimum Gasteiger partial charge on any atom is -0.298 e. The van der Waals surface area contributed by atoms with Crippen LogP contribution in [0.2, 0.25) is 0 Å². The van der Waals surface area contributed by atoms with Gasteiger partial charge in [0.15, 0.2) is 0 Å². The van der Waals surface area contributed by atoms with Gasteiger partial charge in [0.1, 0.15) is 5.78 Å². The number of aromatic nitrogens is 2. The highest BCUT2D eigenvalue weighted by Gasteiger charge is 2.00. The van der Waals surface area contributed by atoms with Gasteiger partial charge in [-0.25, -0.2) is 4.98 Å². The van der Waals surface area contributed by atoms with Crippen LogP contribution >= 0.6 is 0 Å². The molecular formula is C8H10N2O2. The third-order valence-corrected chi connectivity index (χ3v) is 1.47. The number of rotatable bonds is 2. The minimum absolute atomic E-state index is 0.0514. The molecule has 1 rings (SSSR count). The van der Waals surface area contributed by atoms with Crippen molar-refractivity contribution in [2.24, 2.45) is 0 Å². The van der Waals surface area contributed by atoms with Crippen LogP contribution in [0.15, 0.2) is 17.3 Å². The Morgan fingerprint density at radius 2 is 2.33 bits per heavy atom. The minimum atomic E-state index is -0.153. The molecular weight excluding hydrogens is 156 g/mol. The number of nitrogens with zero attached hydrogens (tertiary/aromatic N) is 2. The molecule has 1 aromatic rings. The summed E-state index contributed by atoms with van der Waals surface area (Å²) in [5.74, 6) is -0.0514. The summed E-state index contributed by atoms with van der Waals surface area (Å²) >= 11 is 0. The van der Waals surface area contributed by atoms with Crippen molar-refractivity contribution in [1.29, 1.82) is 0 Å². The molecule has 0 N–H and O–H groups in total. The molecule has 1 aromatic heterocycles. The van der Waals surface area contributed by atoms with Crippen molar-refractivity contribution in [1.82, 2.24) is 9.55 Å². The van der Waals surface area contributed by atoms with Gasteiger partial charge in [-0.2, -0.15) is 0 Å². The van der Waals surface area contributed by atoms with Gasteiger partial charge in [0, 0.05) is 11.8 Å². The molecule has 0 radical (unpaired) electrons. The molecule has 0 fully saturated rings. The van der Waals surface area contributed by atoms with Crippen LogP contribution in [0.3, 0.4) is 0 Å². The Labute approximate surface area is 69.9 Å². The predicted octanol–water partition coefficient (Wildman–Crippen LogP) is 0.141. The van der Waals surface area contributed by atoms with E-state index in [9.17, 15) is 9.59 Å². The number of hydrogen-bond acceptors (Lipinski definition) is 3. The topological polar surface area (TPSA) is 52.0 Å². The highest BCUT2D eigenvalue weighted by Crippen LogP contribution is 1.85. The molecule has 0 bridgehead atoms. The fourth-order valence-electron chi connectivity index (χ4n) is 0.912. The average Bonchev–Trinajstić information content (AvgIpc) is 1.98. The van der Waals surface area contributed by atoms with Gasteiger partial charge in [-0.3, -0.25) is 14.2 Å². The molecule has 1 heterocycles. The third-order valence-electron chi connectivity index (χ3n) is 1.47. The molecule has 0 saturated carbocycles. The lowest BCUT2D eigenvalue weighted by molar-refractivity contribution is -0.117. The van der Waals surface area contributed by atoms with Gasteiger partial charge in [0.2, 0.25) is 0 Å². The van der Waals surface area contributed by atoms with E-state index in [1.165, 1.54) is 24.0 Å². The number of aryl methyl sites for hydroxylation is 1. The van der Waals surface area contributed by atoms with Crippen molar-refractivity contribution in [3.8, 4) is 0 Å². The van der Waals surface area contributed by atoms with E-state index in [1.807, 2.05) is 0 Å². The van der Waals surface area contributed by atoms with E-state index in [0.29, 0.717) is 5.56 Å². The number of carbonyl (C=O) groups is 1. The first-order chi connectivity index (χ1) is 5.61. The van der Waals surface area contributed by atoms with Gasteiger partial charge in [-0.05, 0) is 13.8 Å². The molecule has 0 aliphatic rings. The molecule has 0 spiro atoms. The quantitative estimate of drug-likeness (QED) is 0.628. The summed E-state index contributed by atoms with van der Waals surface area (Å²) in [6.07, 6.45) is 2.86. The summed E-state index contributed by atoms with van der Waals surface area (Å²) in [6, 6.07) is 0. The van der Waals surface area contributed by atoms with Crippen LogP contribution in [0, 0.1) is 6.92 Å². The second-order valence-corrected chi connectivity index (χ2v) is 2.71. The molecule has 4 nitrogen and oxygen atoms in total. The highest BCUT2D eigenvalue weighted by atomic mass is 16.1. The van der Waals surface area contributed by atoms with Gasteiger partial charge in [0.25, 0.3) is 5.56 Å². The molecule has 0 amide bonds. The van der Waals surface area contributed by atoms with Crippen molar-refractivity contribution in [2.45, 2.75) is 20.4 Å². The van der Waals surface area contributed by atoms with Crippen molar-refractivity contribution in [3.05, 3.63) is 28.4 Å². The summed E-state index contributed by atoms with van der Waals surface area (Å²) in [4.78, 5) is 25.8. The Balaban J connectivity index is 3.09. The Hall–Kier alpha value is -1.45. The van der Waals surface area contributed by atoms with Crippen molar-refractivity contribution < 1.29 is 4.79 Å². The number of ketones is 1. The van der Waals surface area contributed by atoms with E-state index < -0.39 is 0 Å². The Morgan fingerprint density at radius 3 is 2.92 bits per heavy atom. The van der Waals surface area contributed by atoms with Crippen LogP contribution in [0.1, 0.15) is 12.5 Å². The molecule has 0 atom stereocenters. The zero-order valence-electron chi connectivity index (χ0n) is 7.07. The Bertz CT molecular complexity index is 354. The van der Waals surface area contributed by atoms with Gasteiger partial charge in [0.05, 0.1) is 12.9 Å². The number of Topliss-reactive ketones (excluding diaryl/α,β-unsaturated/α-hetero) is 1. The molecule has 0 saturated heterocycles. The van der Waals surface area contributed by atoms with Gasteiger partial charge in [-0.1, -0.05) is 0 Å². The van der Waals surface area contributed by atoms with Crippen molar-refractivity contribution in [2.75, 3.05) is 0 Å². The highest BCUT2D eigenvalue weighted by molar-refractivity contribution is 5.75. The number of carbonyl (C=O) groups excluding carboxylic acids is 1. The smallest absolute Gasteiger partial charge is 0.256 e. The Morgan fingerprint density at radius 1 is 1.67 bits per heavy atom. The first-order valence-corrected chi connectivity index (χ1v) is 3.61. The standard InChI is InChI=1S/C8H10N2O2/c1-6-3-9-5-10(8(6)12)4-7(2)11/h3,5H,4H2,1-2H3. The first kappa shape index (κ1) is 8.64. The van der Waals surface area contributed by atoms with Crippen LogP contribution < -0.4 is 5.56 Å². The maximum atomic E-state index is 11.3. The first-order valence-electron chi connectivity index (χ1n) is 3.61. The van der Waals surface area contributed by atoms with Crippen LogP contribution in [-0.2, 0) is 11.3 Å². The fraction of sp³-hybridized carbons (Fsp3) is 0.375. The number of hydrogen-bond donors (Lipinski definition) is 0. The van der Waals surface area contributed by atoms with Crippen LogP contribution in [0.25, 0.3) is 0 Å². The summed E-state index contributed by atoms with van der Waals surface area (Å²) in [7, 11) is 0. The van der Waals surface area contributed by atoms with E-state index in [0.717, 1.165) is 0 Å². The maximum absolute atomic E-state index is 11.3. The Kier molecular flexibility index (Phi) is 2.38. The normalized spacial score (nSPS) is 9.83. The molecule has 4 heteroatoms. The van der Waals surface area contributed by atoms with E-state index >= 15 is 0 Å². The second kappa shape index (κ2) is 3.30. The van der Waals surface area contributed by atoms with E-state index in [-0.39, 0.29) is 17.9 Å². The zero-order chi connectivity index (χ0) is 9.14. The van der Waals surface area contributed by atoms with Crippen molar-refractivity contribution >= 4 is 5.78 Å².